The fourth-order valence-corrected chi connectivity index (χ4v) is 3.48. The molecule has 0 spiro atoms. The lowest BCUT2D eigenvalue weighted by Crippen LogP contribution is -2.63. The van der Waals surface area contributed by atoms with Crippen molar-refractivity contribution >= 4 is 11.8 Å². The van der Waals surface area contributed by atoms with Crippen molar-refractivity contribution in [1.29, 1.82) is 0 Å². The van der Waals surface area contributed by atoms with Gasteiger partial charge in [-0.25, -0.2) is 0 Å². The van der Waals surface area contributed by atoms with Crippen molar-refractivity contribution in [3.05, 3.63) is 29.8 Å². The quantitative estimate of drug-likeness (QED) is 0.853. The molecule has 2 aliphatic heterocycles. The summed E-state index contributed by atoms with van der Waals surface area (Å²) in [4.78, 5) is 0. The molecule has 2 saturated heterocycles. The highest BCUT2D eigenvalue weighted by molar-refractivity contribution is 7.99. The highest BCUT2D eigenvalue weighted by atomic mass is 32.2. The van der Waals surface area contributed by atoms with E-state index in [1.807, 2.05) is 30.5 Å². The van der Waals surface area contributed by atoms with E-state index >= 15 is 0 Å². The molecule has 0 amide bonds. The first-order valence-electron chi connectivity index (χ1n) is 7.17. The van der Waals surface area contributed by atoms with Gasteiger partial charge in [0.15, 0.2) is 6.29 Å². The van der Waals surface area contributed by atoms with E-state index < -0.39 is 24.5 Å². The topological polar surface area (TPSA) is 83.2 Å². The first-order valence-corrected chi connectivity index (χ1v) is 8.45. The molecule has 3 rings (SSSR count). The van der Waals surface area contributed by atoms with Crippen molar-refractivity contribution in [3.8, 4) is 5.75 Å². The molecule has 2 fully saturated rings. The van der Waals surface area contributed by atoms with Crippen LogP contribution < -0.4 is 10.5 Å². The number of hydrogen-bond acceptors (Lipinski definition) is 7. The molecule has 6 atom stereocenters. The number of aliphatic hydroxyl groups is 1. The average Bonchev–Trinajstić information content (AvgIpc) is 2.58. The number of aliphatic hydroxyl groups excluding tert-OH is 1. The Morgan fingerprint density at radius 2 is 2.00 bits per heavy atom. The van der Waals surface area contributed by atoms with Crippen LogP contribution in [0.15, 0.2) is 24.3 Å². The second-order valence-corrected chi connectivity index (χ2v) is 6.32. The van der Waals surface area contributed by atoms with Crippen LogP contribution in [0.3, 0.4) is 0 Å². The summed E-state index contributed by atoms with van der Waals surface area (Å²) in [5.74, 6) is 0.767. The maximum absolute atomic E-state index is 10.4. The number of nitrogens with two attached hydrogens (primary N) is 1. The summed E-state index contributed by atoms with van der Waals surface area (Å²) in [7, 11) is 1.62. The normalized spacial score (nSPS) is 38.4. The van der Waals surface area contributed by atoms with Gasteiger partial charge in [0, 0.05) is 5.56 Å². The van der Waals surface area contributed by atoms with Crippen LogP contribution in [-0.2, 0) is 14.2 Å². The van der Waals surface area contributed by atoms with Gasteiger partial charge in [0.25, 0.3) is 0 Å². The van der Waals surface area contributed by atoms with Crippen molar-refractivity contribution < 1.29 is 24.1 Å². The summed E-state index contributed by atoms with van der Waals surface area (Å²) in [6, 6.07) is 6.97. The molecule has 6 nitrogen and oxygen atoms in total. The highest BCUT2D eigenvalue weighted by Gasteiger charge is 2.47. The zero-order chi connectivity index (χ0) is 15.7. The van der Waals surface area contributed by atoms with Crippen LogP contribution in [0.25, 0.3) is 0 Å². The molecule has 0 radical (unpaired) electrons. The summed E-state index contributed by atoms with van der Waals surface area (Å²) in [5, 5.41) is 10.4. The standard InChI is InChI=1S/C15H21NO5S/c1-18-9-5-3-8(4-6-9)14-19-7-10-13(21-14)12(17)11(16)15(20-10)22-2/h3-6,10-15,17H,7,16H2,1-2H3/t10?,11-,12?,13+,14?,15-/m0/s1. The summed E-state index contributed by atoms with van der Waals surface area (Å²) < 4.78 is 22.6. The van der Waals surface area contributed by atoms with Crippen LogP contribution in [0.4, 0.5) is 0 Å². The molecule has 3 unspecified atom stereocenters. The summed E-state index contributed by atoms with van der Waals surface area (Å²) in [6.07, 6.45) is -0.201. The smallest absolute Gasteiger partial charge is 0.184 e. The van der Waals surface area contributed by atoms with Gasteiger partial charge < -0.3 is 29.8 Å². The number of methoxy groups -OCH3 is 1. The van der Waals surface area contributed by atoms with Gasteiger partial charge in [-0.05, 0) is 18.4 Å². The summed E-state index contributed by atoms with van der Waals surface area (Å²) >= 11 is 1.48. The predicted octanol–water partition coefficient (Wildman–Crippen LogP) is 0.885. The Balaban J connectivity index is 1.72. The van der Waals surface area contributed by atoms with E-state index in [4.69, 9.17) is 24.7 Å². The second kappa shape index (κ2) is 6.74. The van der Waals surface area contributed by atoms with Crippen LogP contribution in [0.1, 0.15) is 11.9 Å². The molecular formula is C15H21NO5S. The van der Waals surface area contributed by atoms with Crippen LogP contribution in [-0.4, -0.2) is 54.9 Å². The molecule has 22 heavy (non-hydrogen) atoms. The van der Waals surface area contributed by atoms with Gasteiger partial charge in [0.1, 0.15) is 29.5 Å². The Morgan fingerprint density at radius 3 is 2.64 bits per heavy atom. The number of hydrogen-bond donors (Lipinski definition) is 2. The molecule has 1 aromatic rings. The molecular weight excluding hydrogens is 306 g/mol. The zero-order valence-electron chi connectivity index (χ0n) is 12.5. The minimum absolute atomic E-state index is 0.249. The van der Waals surface area contributed by atoms with Gasteiger partial charge >= 0.3 is 0 Å². The van der Waals surface area contributed by atoms with Gasteiger partial charge in [-0.15, -0.1) is 11.8 Å². The Hall–Kier alpha value is -0.830. The molecule has 2 aliphatic rings. The average molecular weight is 327 g/mol. The molecule has 7 heteroatoms. The third-order valence-corrected chi connectivity index (χ3v) is 4.92. The number of benzene rings is 1. The first kappa shape index (κ1) is 16.0. The van der Waals surface area contributed by atoms with Crippen LogP contribution in [0.2, 0.25) is 0 Å². The van der Waals surface area contributed by atoms with Gasteiger partial charge in [-0.2, -0.15) is 0 Å². The van der Waals surface area contributed by atoms with Crippen LogP contribution in [0.5, 0.6) is 5.75 Å². The van der Waals surface area contributed by atoms with Gasteiger partial charge in [-0.1, -0.05) is 12.1 Å². The van der Waals surface area contributed by atoms with E-state index in [2.05, 4.69) is 0 Å². The number of rotatable bonds is 3. The monoisotopic (exact) mass is 327 g/mol. The van der Waals surface area contributed by atoms with E-state index in [-0.39, 0.29) is 11.5 Å². The van der Waals surface area contributed by atoms with Crippen molar-refractivity contribution in [3.63, 3.8) is 0 Å². The van der Waals surface area contributed by atoms with E-state index in [9.17, 15) is 5.11 Å². The lowest BCUT2D eigenvalue weighted by Gasteiger charge is -2.46. The Labute approximate surface area is 133 Å². The predicted molar refractivity (Wildman–Crippen MR) is 82.7 cm³/mol. The SMILES string of the molecule is COc1ccc(C2OCC3O[C@@H](SC)[C@@H](N)C(O)[C@@H]3O2)cc1. The maximum Gasteiger partial charge on any atom is 0.184 e. The lowest BCUT2D eigenvalue weighted by molar-refractivity contribution is -0.305. The van der Waals surface area contributed by atoms with Crippen molar-refractivity contribution in [1.82, 2.24) is 0 Å². The number of thioether (sulfide) groups is 1. The van der Waals surface area contributed by atoms with Gasteiger partial charge in [0.05, 0.1) is 19.8 Å². The fraction of sp³-hybridized carbons (Fsp3) is 0.600. The van der Waals surface area contributed by atoms with Gasteiger partial charge in [0.2, 0.25) is 0 Å². The number of fused-ring (bicyclic) bond motifs is 1. The van der Waals surface area contributed by atoms with Crippen molar-refractivity contribution in [2.45, 2.75) is 36.1 Å². The first-order chi connectivity index (χ1) is 10.6. The van der Waals surface area contributed by atoms with Crippen molar-refractivity contribution in [2.24, 2.45) is 5.73 Å². The van der Waals surface area contributed by atoms with Crippen LogP contribution in [0, 0.1) is 0 Å². The molecule has 122 valence electrons. The molecule has 2 heterocycles. The minimum atomic E-state index is -0.777. The highest BCUT2D eigenvalue weighted by Crippen LogP contribution is 2.35. The van der Waals surface area contributed by atoms with Crippen LogP contribution >= 0.6 is 11.8 Å². The fourth-order valence-electron chi connectivity index (χ4n) is 2.76. The van der Waals surface area contributed by atoms with E-state index in [1.54, 1.807) is 7.11 Å². The van der Waals surface area contributed by atoms with Gasteiger partial charge in [-0.3, -0.25) is 0 Å². The Morgan fingerprint density at radius 1 is 1.27 bits per heavy atom. The molecule has 0 aliphatic carbocycles. The maximum atomic E-state index is 10.4. The van der Waals surface area contributed by atoms with E-state index in [1.165, 1.54) is 11.8 Å². The molecule has 0 bridgehead atoms. The number of ether oxygens (including phenoxy) is 4. The minimum Gasteiger partial charge on any atom is -0.497 e. The van der Waals surface area contributed by atoms with E-state index in [0.717, 1.165) is 11.3 Å². The molecule has 0 aromatic heterocycles. The zero-order valence-corrected chi connectivity index (χ0v) is 13.4. The molecule has 0 saturated carbocycles. The Bertz CT molecular complexity index is 497. The molecule has 3 N–H and O–H groups in total. The third-order valence-electron chi connectivity index (χ3n) is 4.03. The summed E-state index contributed by atoms with van der Waals surface area (Å²) in [5.41, 5.74) is 6.65. The lowest BCUT2D eigenvalue weighted by atomic mass is 9.97. The van der Waals surface area contributed by atoms with Crippen molar-refractivity contribution in [2.75, 3.05) is 20.0 Å². The third kappa shape index (κ3) is 2.97. The molecule has 1 aromatic carbocycles. The second-order valence-electron chi connectivity index (χ2n) is 5.39. The van der Waals surface area contributed by atoms with E-state index in [0.29, 0.717) is 6.61 Å². The summed E-state index contributed by atoms with van der Waals surface area (Å²) in [6.45, 7) is 0.363. The largest absolute Gasteiger partial charge is 0.497 e. The Kier molecular flexibility index (Phi) is 4.91.